The van der Waals surface area contributed by atoms with E-state index in [1.165, 1.54) is 122 Å². The third-order valence-corrected chi connectivity index (χ3v) is 6.23. The standard InChI is InChI=1S/C18H34.C13H24N2O2/c1-3-5-7-9-11-13-15-17-18-16-14-12-10-8-6-4-2;1-3-4-5-6-7-8-9-10-11-12(2)15(17)13(14)16/h1H,4-18H2,2H3;12,17H,3-9H2,1-2H3,(H2,14,16). The molecule has 0 fully saturated rings. The first-order valence-corrected chi connectivity index (χ1v) is 14.7. The Morgan fingerprint density at radius 2 is 1.06 bits per heavy atom. The van der Waals surface area contributed by atoms with Gasteiger partial charge >= 0.3 is 6.03 Å². The van der Waals surface area contributed by atoms with Gasteiger partial charge in [0.05, 0.1) is 0 Å². The van der Waals surface area contributed by atoms with E-state index >= 15 is 0 Å². The van der Waals surface area contributed by atoms with Crippen LogP contribution in [0.15, 0.2) is 0 Å². The zero-order chi connectivity index (χ0) is 26.4. The third kappa shape index (κ3) is 30.3. The molecule has 0 saturated heterocycles. The van der Waals surface area contributed by atoms with E-state index in [-0.39, 0.29) is 0 Å². The number of urea groups is 1. The van der Waals surface area contributed by atoms with E-state index in [1.54, 1.807) is 6.92 Å². The Balaban J connectivity index is 0. The lowest BCUT2D eigenvalue weighted by Crippen LogP contribution is -2.38. The summed E-state index contributed by atoms with van der Waals surface area (Å²) in [5.74, 6) is 8.45. The molecule has 2 amide bonds. The van der Waals surface area contributed by atoms with Gasteiger partial charge in [-0.1, -0.05) is 135 Å². The maximum absolute atomic E-state index is 10.6. The molecule has 0 aromatic rings. The summed E-state index contributed by atoms with van der Waals surface area (Å²) in [6.07, 6.45) is 34.2. The molecule has 0 aliphatic carbocycles. The summed E-state index contributed by atoms with van der Waals surface area (Å²) >= 11 is 0. The van der Waals surface area contributed by atoms with Crippen LogP contribution in [0.2, 0.25) is 0 Å². The maximum Gasteiger partial charge on any atom is 0.339 e. The molecular formula is C31H58N2O2. The highest BCUT2D eigenvalue weighted by molar-refractivity contribution is 5.71. The van der Waals surface area contributed by atoms with E-state index in [9.17, 15) is 4.79 Å². The Hall–Kier alpha value is -1.65. The Morgan fingerprint density at radius 3 is 1.40 bits per heavy atom. The zero-order valence-corrected chi connectivity index (χ0v) is 23.6. The Bertz CT molecular complexity index is 544. The average molecular weight is 491 g/mol. The molecular weight excluding hydrogens is 432 g/mol. The first-order valence-electron chi connectivity index (χ1n) is 14.7. The molecule has 0 aliphatic rings. The van der Waals surface area contributed by atoms with Gasteiger partial charge in [0.25, 0.3) is 0 Å². The quantitative estimate of drug-likeness (QED) is 0.0728. The fourth-order valence-electron chi connectivity index (χ4n) is 3.89. The fourth-order valence-corrected chi connectivity index (χ4v) is 3.89. The fraction of sp³-hybridized carbons (Fsp3) is 0.839. The van der Waals surface area contributed by atoms with Crippen molar-refractivity contribution in [2.24, 2.45) is 5.73 Å². The topological polar surface area (TPSA) is 66.6 Å². The van der Waals surface area contributed by atoms with Gasteiger partial charge in [-0.2, -0.15) is 5.06 Å². The number of primary amides is 1. The third-order valence-electron chi connectivity index (χ3n) is 6.23. The molecule has 0 bridgehead atoms. The highest BCUT2D eigenvalue weighted by Gasteiger charge is 2.11. The van der Waals surface area contributed by atoms with E-state index in [2.05, 4.69) is 31.6 Å². The van der Waals surface area contributed by atoms with Crippen LogP contribution in [-0.4, -0.2) is 22.3 Å². The second-order valence-electron chi connectivity index (χ2n) is 9.75. The molecule has 0 aromatic carbocycles. The summed E-state index contributed by atoms with van der Waals surface area (Å²) in [5.41, 5.74) is 4.90. The van der Waals surface area contributed by atoms with Gasteiger partial charge in [0.15, 0.2) is 0 Å². The molecule has 0 spiro atoms. The van der Waals surface area contributed by atoms with Crippen molar-refractivity contribution in [2.45, 2.75) is 168 Å². The van der Waals surface area contributed by atoms with Crippen molar-refractivity contribution in [3.8, 4) is 24.2 Å². The van der Waals surface area contributed by atoms with Crippen LogP contribution in [0.4, 0.5) is 4.79 Å². The Labute approximate surface area is 219 Å². The molecule has 0 aromatic heterocycles. The number of carbonyl (C=O) groups excluding carboxylic acids is 1. The summed E-state index contributed by atoms with van der Waals surface area (Å²) in [6.45, 7) is 6.12. The molecule has 0 aliphatic heterocycles. The van der Waals surface area contributed by atoms with Gasteiger partial charge in [-0.15, -0.1) is 18.3 Å². The van der Waals surface area contributed by atoms with Crippen LogP contribution in [0.5, 0.6) is 0 Å². The van der Waals surface area contributed by atoms with Gasteiger partial charge in [-0.25, -0.2) is 4.79 Å². The predicted molar refractivity (Wildman–Crippen MR) is 152 cm³/mol. The number of carbonyl (C=O) groups is 1. The first kappa shape index (κ1) is 35.5. The summed E-state index contributed by atoms with van der Waals surface area (Å²) < 4.78 is 0. The van der Waals surface area contributed by atoms with Crippen LogP contribution >= 0.6 is 0 Å². The number of hydrogen-bond acceptors (Lipinski definition) is 2. The van der Waals surface area contributed by atoms with Crippen molar-refractivity contribution in [1.29, 1.82) is 0 Å². The minimum Gasteiger partial charge on any atom is -0.350 e. The lowest BCUT2D eigenvalue weighted by atomic mass is 10.0. The van der Waals surface area contributed by atoms with Gasteiger partial charge in [0, 0.05) is 12.8 Å². The largest absolute Gasteiger partial charge is 0.350 e. The molecule has 204 valence electrons. The SMILES string of the molecule is C#CCCCCCCCCCCCCCCCC.CCCCCCCCC#CC(C)N(O)C(N)=O. The molecule has 0 saturated carbocycles. The van der Waals surface area contributed by atoms with Crippen LogP contribution in [0.3, 0.4) is 0 Å². The minimum atomic E-state index is -0.869. The summed E-state index contributed by atoms with van der Waals surface area (Å²) in [5, 5.41) is 9.60. The zero-order valence-electron chi connectivity index (χ0n) is 23.6. The Morgan fingerprint density at radius 1 is 0.714 bits per heavy atom. The second-order valence-corrected chi connectivity index (χ2v) is 9.75. The molecule has 1 atom stereocenters. The predicted octanol–water partition coefficient (Wildman–Crippen LogP) is 9.39. The molecule has 4 nitrogen and oxygen atoms in total. The van der Waals surface area contributed by atoms with Gasteiger partial charge < -0.3 is 5.73 Å². The number of nitrogens with two attached hydrogens (primary N) is 1. The van der Waals surface area contributed by atoms with Crippen molar-refractivity contribution in [2.75, 3.05) is 0 Å². The highest BCUT2D eigenvalue weighted by atomic mass is 16.5. The lowest BCUT2D eigenvalue weighted by molar-refractivity contribution is -0.0536. The van der Waals surface area contributed by atoms with E-state index in [4.69, 9.17) is 17.4 Å². The minimum absolute atomic E-state index is 0.453. The van der Waals surface area contributed by atoms with Crippen LogP contribution in [0.25, 0.3) is 0 Å². The molecule has 35 heavy (non-hydrogen) atoms. The number of nitrogens with zero attached hydrogens (tertiary/aromatic N) is 1. The highest BCUT2D eigenvalue weighted by Crippen LogP contribution is 2.13. The van der Waals surface area contributed by atoms with Crippen LogP contribution in [0.1, 0.15) is 162 Å². The van der Waals surface area contributed by atoms with E-state index < -0.39 is 12.1 Å². The van der Waals surface area contributed by atoms with Crippen LogP contribution in [0, 0.1) is 24.2 Å². The normalized spacial score (nSPS) is 10.9. The number of amides is 2. The van der Waals surface area contributed by atoms with Gasteiger partial charge in [0.2, 0.25) is 0 Å². The van der Waals surface area contributed by atoms with Crippen molar-refractivity contribution in [3.05, 3.63) is 0 Å². The molecule has 0 heterocycles. The molecule has 3 N–H and O–H groups in total. The smallest absolute Gasteiger partial charge is 0.339 e. The van der Waals surface area contributed by atoms with Crippen LogP contribution in [-0.2, 0) is 0 Å². The van der Waals surface area contributed by atoms with Gasteiger partial charge in [0.1, 0.15) is 6.04 Å². The number of terminal acetylenes is 1. The molecule has 1 unspecified atom stereocenters. The van der Waals surface area contributed by atoms with Crippen molar-refractivity contribution >= 4 is 6.03 Å². The van der Waals surface area contributed by atoms with Crippen molar-refractivity contribution < 1.29 is 10.0 Å². The Kier molecular flexibility index (Phi) is 30.8. The number of hydrogen-bond donors (Lipinski definition) is 2. The van der Waals surface area contributed by atoms with E-state index in [0.29, 0.717) is 5.06 Å². The average Bonchev–Trinajstić information content (AvgIpc) is 2.85. The van der Waals surface area contributed by atoms with Gasteiger partial charge in [-0.05, 0) is 19.8 Å². The number of hydroxylamine groups is 2. The number of unbranched alkanes of at least 4 members (excludes halogenated alkanes) is 20. The van der Waals surface area contributed by atoms with Crippen molar-refractivity contribution in [1.82, 2.24) is 5.06 Å². The van der Waals surface area contributed by atoms with Crippen LogP contribution < -0.4 is 5.73 Å². The molecule has 4 heteroatoms. The summed E-state index contributed by atoms with van der Waals surface area (Å²) in [6, 6.07) is -1.40. The van der Waals surface area contributed by atoms with Gasteiger partial charge in [-0.3, -0.25) is 5.21 Å². The van der Waals surface area contributed by atoms with E-state index in [0.717, 1.165) is 19.3 Å². The number of rotatable bonds is 21. The molecule has 0 rings (SSSR count). The van der Waals surface area contributed by atoms with E-state index in [1.807, 2.05) is 0 Å². The maximum atomic E-state index is 10.6. The van der Waals surface area contributed by atoms with Crippen molar-refractivity contribution in [3.63, 3.8) is 0 Å². The monoisotopic (exact) mass is 490 g/mol. The summed E-state index contributed by atoms with van der Waals surface area (Å²) in [4.78, 5) is 10.6. The molecule has 0 radical (unpaired) electrons. The lowest BCUT2D eigenvalue weighted by Gasteiger charge is -2.14. The summed E-state index contributed by atoms with van der Waals surface area (Å²) in [7, 11) is 0. The first-order chi connectivity index (χ1) is 17.0. The second kappa shape index (κ2) is 30.4.